The van der Waals surface area contributed by atoms with Crippen LogP contribution in [0.2, 0.25) is 0 Å². The fraction of sp³-hybridized carbons (Fsp3) is 0.632. The van der Waals surface area contributed by atoms with E-state index in [4.69, 9.17) is 15.5 Å². The number of methoxy groups -OCH3 is 1. The van der Waals surface area contributed by atoms with Crippen molar-refractivity contribution in [2.75, 3.05) is 26.0 Å². The third-order valence-electron chi connectivity index (χ3n) is 4.72. The van der Waals surface area contributed by atoms with E-state index in [0.29, 0.717) is 12.0 Å². The molecule has 0 saturated heterocycles. The lowest BCUT2D eigenvalue weighted by molar-refractivity contribution is 0.188. The second-order valence-electron chi connectivity index (χ2n) is 7.78. The lowest BCUT2D eigenvalue weighted by Gasteiger charge is -2.30. The molecule has 1 aromatic heterocycles. The lowest BCUT2D eigenvalue weighted by Crippen LogP contribution is -2.39. The first-order valence-electron chi connectivity index (χ1n) is 8.45. The summed E-state index contributed by atoms with van der Waals surface area (Å²) in [6, 6.07) is 4.00. The van der Waals surface area contributed by atoms with E-state index >= 15 is 0 Å². The first-order valence-corrected chi connectivity index (χ1v) is 8.45. The first-order chi connectivity index (χ1) is 10.7. The van der Waals surface area contributed by atoms with Gasteiger partial charge in [0, 0.05) is 13.7 Å². The van der Waals surface area contributed by atoms with Crippen LogP contribution in [-0.4, -0.2) is 25.2 Å². The molecule has 0 saturated carbocycles. The standard InChI is InChI=1S/C19H31N3O/c1-18(2)10-8-14(9-11-18)17-15(20)6-7-16(22-17)19(3,4)21-12-13-23-5/h6-8,21H,9-13,20H2,1-5H3. The number of ether oxygens (including phenoxy) is 1. The van der Waals surface area contributed by atoms with Crippen LogP contribution in [0.4, 0.5) is 5.69 Å². The molecule has 4 nitrogen and oxygen atoms in total. The molecule has 0 amide bonds. The van der Waals surface area contributed by atoms with Gasteiger partial charge in [-0.2, -0.15) is 0 Å². The molecular formula is C19H31N3O. The number of hydrogen-bond acceptors (Lipinski definition) is 4. The number of aromatic nitrogens is 1. The van der Waals surface area contributed by atoms with E-state index < -0.39 is 0 Å². The van der Waals surface area contributed by atoms with Crippen LogP contribution in [0.15, 0.2) is 18.2 Å². The Hall–Kier alpha value is -1.39. The third-order valence-corrected chi connectivity index (χ3v) is 4.72. The van der Waals surface area contributed by atoms with E-state index in [1.54, 1.807) is 7.11 Å². The van der Waals surface area contributed by atoms with Crippen molar-refractivity contribution in [1.82, 2.24) is 10.3 Å². The van der Waals surface area contributed by atoms with Gasteiger partial charge in [-0.25, -0.2) is 4.98 Å². The molecule has 0 unspecified atom stereocenters. The molecule has 2 rings (SSSR count). The van der Waals surface area contributed by atoms with Crippen molar-refractivity contribution in [3.8, 4) is 0 Å². The van der Waals surface area contributed by atoms with Crippen molar-refractivity contribution < 1.29 is 4.74 Å². The maximum Gasteiger partial charge on any atom is 0.0891 e. The number of hydrogen-bond donors (Lipinski definition) is 2. The molecule has 0 radical (unpaired) electrons. The fourth-order valence-corrected chi connectivity index (χ4v) is 2.92. The van der Waals surface area contributed by atoms with Crippen LogP contribution in [0.1, 0.15) is 58.3 Å². The minimum absolute atomic E-state index is 0.213. The summed E-state index contributed by atoms with van der Waals surface area (Å²) >= 11 is 0. The summed E-state index contributed by atoms with van der Waals surface area (Å²) in [4.78, 5) is 4.90. The molecule has 1 aliphatic carbocycles. The van der Waals surface area contributed by atoms with E-state index in [0.717, 1.165) is 36.5 Å². The largest absolute Gasteiger partial charge is 0.397 e. The summed E-state index contributed by atoms with van der Waals surface area (Å²) in [6.45, 7) is 10.4. The number of nitrogens with two attached hydrogens (primary N) is 1. The highest BCUT2D eigenvalue weighted by Gasteiger charge is 2.26. The number of nitrogens with zero attached hydrogens (tertiary/aromatic N) is 1. The molecule has 0 spiro atoms. The highest BCUT2D eigenvalue weighted by Crippen LogP contribution is 2.39. The zero-order valence-corrected chi connectivity index (χ0v) is 15.2. The van der Waals surface area contributed by atoms with Gasteiger partial charge in [0.15, 0.2) is 0 Å². The molecule has 0 bridgehead atoms. The Morgan fingerprint density at radius 1 is 1.35 bits per heavy atom. The first kappa shape index (κ1) is 18.0. The van der Waals surface area contributed by atoms with Gasteiger partial charge in [-0.05, 0) is 56.2 Å². The average molecular weight is 317 g/mol. The van der Waals surface area contributed by atoms with Gasteiger partial charge in [-0.15, -0.1) is 0 Å². The Morgan fingerprint density at radius 2 is 2.09 bits per heavy atom. The van der Waals surface area contributed by atoms with Gasteiger partial charge in [0.2, 0.25) is 0 Å². The summed E-state index contributed by atoms with van der Waals surface area (Å²) in [5.74, 6) is 0. The Bertz CT molecular complexity index is 576. The molecule has 0 aliphatic heterocycles. The smallest absolute Gasteiger partial charge is 0.0891 e. The molecule has 0 aromatic carbocycles. The van der Waals surface area contributed by atoms with Crippen molar-refractivity contribution in [3.05, 3.63) is 29.6 Å². The van der Waals surface area contributed by atoms with Crippen LogP contribution in [0.5, 0.6) is 0 Å². The van der Waals surface area contributed by atoms with Gasteiger partial charge in [0.1, 0.15) is 0 Å². The minimum atomic E-state index is -0.213. The maximum absolute atomic E-state index is 6.21. The van der Waals surface area contributed by atoms with Crippen molar-refractivity contribution >= 4 is 11.3 Å². The number of nitrogens with one attached hydrogen (secondary N) is 1. The van der Waals surface area contributed by atoms with Gasteiger partial charge in [-0.1, -0.05) is 19.9 Å². The summed E-state index contributed by atoms with van der Waals surface area (Å²) in [6.07, 6.45) is 5.63. The topological polar surface area (TPSA) is 60.2 Å². The van der Waals surface area contributed by atoms with Crippen LogP contribution in [0.3, 0.4) is 0 Å². The Morgan fingerprint density at radius 3 is 2.70 bits per heavy atom. The second-order valence-corrected chi connectivity index (χ2v) is 7.78. The van der Waals surface area contributed by atoms with E-state index in [9.17, 15) is 0 Å². The van der Waals surface area contributed by atoms with E-state index in [-0.39, 0.29) is 5.54 Å². The average Bonchev–Trinajstić information content (AvgIpc) is 2.48. The predicted octanol–water partition coefficient (Wildman–Crippen LogP) is 3.73. The summed E-state index contributed by atoms with van der Waals surface area (Å²) < 4.78 is 5.12. The van der Waals surface area contributed by atoms with Crippen molar-refractivity contribution in [1.29, 1.82) is 0 Å². The quantitative estimate of drug-likeness (QED) is 0.785. The van der Waals surface area contributed by atoms with Crippen LogP contribution in [-0.2, 0) is 10.3 Å². The molecule has 4 heteroatoms. The number of allylic oxidation sites excluding steroid dienone is 2. The molecule has 1 aliphatic rings. The maximum atomic E-state index is 6.21. The summed E-state index contributed by atoms with van der Waals surface area (Å²) in [5, 5.41) is 3.49. The molecule has 128 valence electrons. The Labute approximate surface area is 140 Å². The second kappa shape index (κ2) is 7.02. The Kier molecular flexibility index (Phi) is 5.48. The minimum Gasteiger partial charge on any atom is -0.397 e. The predicted molar refractivity (Wildman–Crippen MR) is 97.2 cm³/mol. The summed E-state index contributed by atoms with van der Waals surface area (Å²) in [5.41, 5.74) is 10.4. The number of pyridine rings is 1. The van der Waals surface area contributed by atoms with E-state index in [2.05, 4.69) is 39.1 Å². The monoisotopic (exact) mass is 317 g/mol. The molecule has 23 heavy (non-hydrogen) atoms. The number of rotatable bonds is 6. The molecule has 0 fully saturated rings. The molecular weight excluding hydrogens is 286 g/mol. The molecule has 3 N–H and O–H groups in total. The van der Waals surface area contributed by atoms with Gasteiger partial charge in [0.05, 0.1) is 29.2 Å². The molecule has 1 heterocycles. The molecule has 0 atom stereocenters. The van der Waals surface area contributed by atoms with Gasteiger partial charge in [0.25, 0.3) is 0 Å². The fourth-order valence-electron chi connectivity index (χ4n) is 2.92. The normalized spacial score (nSPS) is 17.9. The van der Waals surface area contributed by atoms with Crippen LogP contribution in [0, 0.1) is 5.41 Å². The van der Waals surface area contributed by atoms with Gasteiger partial charge < -0.3 is 15.8 Å². The number of nitrogen functional groups attached to an aromatic ring is 1. The van der Waals surface area contributed by atoms with Crippen molar-refractivity contribution in [2.45, 2.75) is 52.5 Å². The van der Waals surface area contributed by atoms with Crippen molar-refractivity contribution in [2.24, 2.45) is 5.41 Å². The zero-order valence-electron chi connectivity index (χ0n) is 15.2. The van der Waals surface area contributed by atoms with Crippen LogP contribution >= 0.6 is 0 Å². The van der Waals surface area contributed by atoms with Gasteiger partial charge in [-0.3, -0.25) is 0 Å². The Balaban J connectivity index is 2.24. The number of anilines is 1. The lowest BCUT2D eigenvalue weighted by atomic mass is 9.77. The van der Waals surface area contributed by atoms with E-state index in [1.165, 1.54) is 12.0 Å². The van der Waals surface area contributed by atoms with E-state index in [1.807, 2.05) is 12.1 Å². The van der Waals surface area contributed by atoms with Crippen LogP contribution < -0.4 is 11.1 Å². The molecule has 1 aromatic rings. The summed E-state index contributed by atoms with van der Waals surface area (Å²) in [7, 11) is 1.71. The highest BCUT2D eigenvalue weighted by atomic mass is 16.5. The van der Waals surface area contributed by atoms with Crippen molar-refractivity contribution in [3.63, 3.8) is 0 Å². The highest BCUT2D eigenvalue weighted by molar-refractivity contribution is 5.73. The zero-order chi connectivity index (χ0) is 17.1. The van der Waals surface area contributed by atoms with Crippen LogP contribution in [0.25, 0.3) is 5.57 Å². The SMILES string of the molecule is COCCNC(C)(C)c1ccc(N)c(C2=CCC(C)(C)CC2)n1. The van der Waals surface area contributed by atoms with Gasteiger partial charge >= 0.3 is 0 Å². The third kappa shape index (κ3) is 4.55.